The molecule has 1 saturated heterocycles. The summed E-state index contributed by atoms with van der Waals surface area (Å²) in [6, 6.07) is 23.2. The number of hydrogen-bond donors (Lipinski definition) is 2. The van der Waals surface area contributed by atoms with E-state index in [-0.39, 0.29) is 17.9 Å². The first kappa shape index (κ1) is 29.7. The van der Waals surface area contributed by atoms with Crippen molar-refractivity contribution in [1.82, 2.24) is 29.4 Å². The van der Waals surface area contributed by atoms with Crippen LogP contribution in [0.25, 0.3) is 28.0 Å². The second kappa shape index (κ2) is 13.1. The van der Waals surface area contributed by atoms with Crippen molar-refractivity contribution in [3.8, 4) is 22.5 Å². The Morgan fingerprint density at radius 3 is 2.60 bits per heavy atom. The second-order valence-electron chi connectivity index (χ2n) is 11.5. The minimum absolute atomic E-state index is 0.0110. The van der Waals surface area contributed by atoms with Gasteiger partial charge < -0.3 is 20.4 Å². The van der Waals surface area contributed by atoms with Gasteiger partial charge >= 0.3 is 0 Å². The predicted molar refractivity (Wildman–Crippen MR) is 177 cm³/mol. The lowest BCUT2D eigenvalue weighted by atomic mass is 10.0. The highest BCUT2D eigenvalue weighted by Crippen LogP contribution is 2.34. The SMILES string of the molecule is Cc1ccc2c(-c3ccnc(NC4CCN(C(=O)c5ccc(NC(=O)/C=C/CN(C)C)cc5)C4)n3)c(-c3ccccc3)nn2c1. The molecule has 2 aromatic carbocycles. The number of aromatic nitrogens is 4. The fourth-order valence-corrected chi connectivity index (χ4v) is 5.45. The number of fused-ring (bicyclic) bond motifs is 1. The molecule has 10 nitrogen and oxygen atoms in total. The summed E-state index contributed by atoms with van der Waals surface area (Å²) < 4.78 is 1.91. The zero-order valence-corrected chi connectivity index (χ0v) is 25.6. The molecule has 0 spiro atoms. The fourth-order valence-electron chi connectivity index (χ4n) is 5.45. The maximum atomic E-state index is 13.3. The molecule has 228 valence electrons. The number of benzene rings is 2. The van der Waals surface area contributed by atoms with Crippen LogP contribution in [0.15, 0.2) is 97.3 Å². The Balaban J connectivity index is 1.13. The average molecular weight is 601 g/mol. The standard InChI is InChI=1S/C35H36N8O2/c1-24-11-16-30-32(33(40-43(30)22-24)25-8-5-4-6-9-25)29-17-19-36-35(39-29)38-28-18-21-42(23-28)34(45)26-12-14-27(15-13-26)37-31(44)10-7-20-41(2)3/h4-17,19,22,28H,18,20-21,23H2,1-3H3,(H,37,44)(H,36,38,39)/b10-7+. The molecular weight excluding hydrogens is 564 g/mol. The summed E-state index contributed by atoms with van der Waals surface area (Å²) in [6.07, 6.45) is 7.86. The van der Waals surface area contributed by atoms with Crippen LogP contribution in [0.1, 0.15) is 22.3 Å². The molecule has 0 aliphatic carbocycles. The van der Waals surface area contributed by atoms with Crippen LogP contribution in [0.3, 0.4) is 0 Å². The van der Waals surface area contributed by atoms with Crippen LogP contribution in [0.2, 0.25) is 0 Å². The molecule has 0 bridgehead atoms. The zero-order chi connectivity index (χ0) is 31.3. The molecule has 45 heavy (non-hydrogen) atoms. The predicted octanol–water partition coefficient (Wildman–Crippen LogP) is 5.15. The number of nitrogens with zero attached hydrogens (tertiary/aromatic N) is 6. The van der Waals surface area contributed by atoms with Crippen LogP contribution in [0.5, 0.6) is 0 Å². The van der Waals surface area contributed by atoms with E-state index in [1.54, 1.807) is 36.5 Å². The first-order chi connectivity index (χ1) is 21.8. The molecule has 2 N–H and O–H groups in total. The number of hydrogen-bond acceptors (Lipinski definition) is 7. The Hall–Kier alpha value is -5.35. The molecule has 1 unspecified atom stereocenters. The van der Waals surface area contributed by atoms with Crippen molar-refractivity contribution >= 4 is 29.0 Å². The number of anilines is 2. The van der Waals surface area contributed by atoms with E-state index in [1.807, 2.05) is 65.8 Å². The molecule has 1 aliphatic rings. The summed E-state index contributed by atoms with van der Waals surface area (Å²) in [4.78, 5) is 38.6. The van der Waals surface area contributed by atoms with Crippen LogP contribution in [-0.4, -0.2) is 81.0 Å². The third-order valence-corrected chi connectivity index (χ3v) is 7.68. The minimum atomic E-state index is -0.205. The van der Waals surface area contributed by atoms with Crippen molar-refractivity contribution < 1.29 is 9.59 Å². The molecule has 5 aromatic rings. The highest BCUT2D eigenvalue weighted by Gasteiger charge is 2.28. The largest absolute Gasteiger partial charge is 0.350 e. The van der Waals surface area contributed by atoms with Crippen LogP contribution in [-0.2, 0) is 4.79 Å². The maximum absolute atomic E-state index is 13.3. The van der Waals surface area contributed by atoms with Crippen molar-refractivity contribution in [1.29, 1.82) is 0 Å². The number of carbonyl (C=O) groups excluding carboxylic acids is 2. The van der Waals surface area contributed by atoms with E-state index in [4.69, 9.17) is 10.1 Å². The number of nitrogens with one attached hydrogen (secondary N) is 2. The molecule has 2 amide bonds. The number of pyridine rings is 1. The Bertz CT molecular complexity index is 1850. The van der Waals surface area contributed by atoms with Gasteiger partial charge in [0.2, 0.25) is 11.9 Å². The monoisotopic (exact) mass is 600 g/mol. The van der Waals surface area contributed by atoms with Gasteiger partial charge in [-0.05, 0) is 69.4 Å². The highest BCUT2D eigenvalue weighted by atomic mass is 16.2. The minimum Gasteiger partial charge on any atom is -0.350 e. The summed E-state index contributed by atoms with van der Waals surface area (Å²) >= 11 is 0. The van der Waals surface area contributed by atoms with Gasteiger partial charge in [-0.15, -0.1) is 0 Å². The number of amides is 2. The molecule has 3 aromatic heterocycles. The smallest absolute Gasteiger partial charge is 0.253 e. The molecular formula is C35H36N8O2. The lowest BCUT2D eigenvalue weighted by Crippen LogP contribution is -2.31. The lowest BCUT2D eigenvalue weighted by Gasteiger charge is -2.17. The molecule has 0 saturated carbocycles. The van der Waals surface area contributed by atoms with E-state index >= 15 is 0 Å². The number of carbonyl (C=O) groups is 2. The van der Waals surface area contributed by atoms with Gasteiger partial charge in [-0.3, -0.25) is 9.59 Å². The fraction of sp³-hybridized carbons (Fsp3) is 0.229. The number of aryl methyl sites for hydroxylation is 1. The third kappa shape index (κ3) is 6.91. The Labute approximate surface area is 262 Å². The highest BCUT2D eigenvalue weighted by molar-refractivity contribution is 6.00. The topological polar surface area (TPSA) is 108 Å². The van der Waals surface area contributed by atoms with Crippen LogP contribution >= 0.6 is 0 Å². The van der Waals surface area contributed by atoms with E-state index in [0.717, 1.165) is 40.0 Å². The molecule has 10 heteroatoms. The van der Waals surface area contributed by atoms with E-state index in [1.165, 1.54) is 6.08 Å². The van der Waals surface area contributed by atoms with Crippen LogP contribution in [0.4, 0.5) is 11.6 Å². The summed E-state index contributed by atoms with van der Waals surface area (Å²) in [6.45, 7) is 3.89. The van der Waals surface area contributed by atoms with Gasteiger partial charge in [0, 0.05) is 61.0 Å². The maximum Gasteiger partial charge on any atom is 0.253 e. The first-order valence-electron chi connectivity index (χ1n) is 15.0. The Morgan fingerprint density at radius 1 is 1.02 bits per heavy atom. The van der Waals surface area contributed by atoms with Gasteiger partial charge in [-0.25, -0.2) is 14.5 Å². The Kier molecular flexibility index (Phi) is 8.65. The van der Waals surface area contributed by atoms with Gasteiger partial charge in [0.05, 0.1) is 16.8 Å². The molecule has 1 atom stereocenters. The van der Waals surface area contributed by atoms with Crippen molar-refractivity contribution in [3.63, 3.8) is 0 Å². The van der Waals surface area contributed by atoms with E-state index < -0.39 is 0 Å². The van der Waals surface area contributed by atoms with Crippen LogP contribution < -0.4 is 10.6 Å². The summed E-state index contributed by atoms with van der Waals surface area (Å²) in [7, 11) is 3.88. The Morgan fingerprint density at radius 2 is 1.82 bits per heavy atom. The molecule has 0 radical (unpaired) electrons. The van der Waals surface area contributed by atoms with Gasteiger partial charge in [0.1, 0.15) is 5.69 Å². The van der Waals surface area contributed by atoms with Gasteiger partial charge in [0.15, 0.2) is 0 Å². The van der Waals surface area contributed by atoms with Crippen molar-refractivity contribution in [2.75, 3.05) is 44.4 Å². The molecule has 6 rings (SSSR count). The zero-order valence-electron chi connectivity index (χ0n) is 25.6. The number of likely N-dealkylation sites (N-methyl/N-ethyl adjacent to an activating group) is 1. The number of likely N-dealkylation sites (tertiary alicyclic amines) is 1. The molecule has 1 aliphatic heterocycles. The van der Waals surface area contributed by atoms with Gasteiger partial charge in [0.25, 0.3) is 5.91 Å². The molecule has 4 heterocycles. The summed E-state index contributed by atoms with van der Waals surface area (Å²) in [5.74, 6) is 0.257. The first-order valence-corrected chi connectivity index (χ1v) is 15.0. The quantitative estimate of drug-likeness (QED) is 0.225. The van der Waals surface area contributed by atoms with Gasteiger partial charge in [-0.2, -0.15) is 5.10 Å². The lowest BCUT2D eigenvalue weighted by molar-refractivity contribution is -0.111. The number of rotatable bonds is 9. The van der Waals surface area contributed by atoms with Crippen molar-refractivity contribution in [2.45, 2.75) is 19.4 Å². The van der Waals surface area contributed by atoms with Crippen molar-refractivity contribution in [2.24, 2.45) is 0 Å². The van der Waals surface area contributed by atoms with E-state index in [0.29, 0.717) is 36.8 Å². The summed E-state index contributed by atoms with van der Waals surface area (Å²) in [5, 5.41) is 11.2. The van der Waals surface area contributed by atoms with Crippen LogP contribution in [0, 0.1) is 6.92 Å². The van der Waals surface area contributed by atoms with Gasteiger partial charge in [-0.1, -0.05) is 42.5 Å². The summed E-state index contributed by atoms with van der Waals surface area (Å²) in [5.41, 5.74) is 6.89. The molecule has 1 fully saturated rings. The normalized spacial score (nSPS) is 14.8. The van der Waals surface area contributed by atoms with Crippen molar-refractivity contribution in [3.05, 3.63) is 108 Å². The third-order valence-electron chi connectivity index (χ3n) is 7.68. The second-order valence-corrected chi connectivity index (χ2v) is 11.5. The average Bonchev–Trinajstić information content (AvgIpc) is 3.66. The van der Waals surface area contributed by atoms with E-state index in [9.17, 15) is 9.59 Å². The van der Waals surface area contributed by atoms with E-state index in [2.05, 4.69) is 39.9 Å².